The molecule has 10 nitrogen and oxygen atoms in total. The lowest BCUT2D eigenvalue weighted by Gasteiger charge is -2.30. The zero-order valence-electron chi connectivity index (χ0n) is 19.3. The van der Waals surface area contributed by atoms with Crippen LogP contribution in [0.25, 0.3) is 10.2 Å². The molecule has 1 aromatic heterocycles. The second-order valence-corrected chi connectivity index (χ2v) is 12.7. The van der Waals surface area contributed by atoms with E-state index in [0.29, 0.717) is 40.2 Å². The number of thiazole rings is 1. The van der Waals surface area contributed by atoms with Crippen LogP contribution in [0.15, 0.2) is 57.2 Å². The average Bonchev–Trinajstić information content (AvgIpc) is 3.20. The molecule has 3 aromatic rings. The summed E-state index contributed by atoms with van der Waals surface area (Å²) in [6.45, 7) is 0.421. The lowest BCUT2D eigenvalue weighted by Crippen LogP contribution is -2.42. The molecular weight excluding hydrogens is 524 g/mol. The number of piperidine rings is 1. The Morgan fingerprint density at radius 1 is 1.19 bits per heavy atom. The van der Waals surface area contributed by atoms with Crippen LogP contribution in [0, 0.1) is 18.3 Å². The maximum Gasteiger partial charge on any atom is 0.252 e. The first-order valence-electron chi connectivity index (χ1n) is 10.9. The van der Waals surface area contributed by atoms with Crippen molar-refractivity contribution in [1.82, 2.24) is 8.87 Å². The van der Waals surface area contributed by atoms with Gasteiger partial charge in [-0.1, -0.05) is 17.3 Å². The molecule has 1 aliphatic rings. The number of amides is 1. The van der Waals surface area contributed by atoms with E-state index in [0.717, 1.165) is 11.3 Å². The van der Waals surface area contributed by atoms with Gasteiger partial charge in [0.2, 0.25) is 20.0 Å². The number of rotatable bonds is 6. The molecule has 1 amide bonds. The van der Waals surface area contributed by atoms with E-state index in [-0.39, 0.29) is 22.9 Å². The fourth-order valence-electron chi connectivity index (χ4n) is 4.00. The molecular formula is C23H24N4O6S3. The van der Waals surface area contributed by atoms with E-state index in [4.69, 9.17) is 16.3 Å². The van der Waals surface area contributed by atoms with E-state index in [1.807, 2.05) is 0 Å². The number of hydrogen-bond acceptors (Lipinski definition) is 7. The Morgan fingerprint density at radius 3 is 2.53 bits per heavy atom. The summed E-state index contributed by atoms with van der Waals surface area (Å²) in [5, 5.41) is 5.23. The van der Waals surface area contributed by atoms with E-state index in [1.165, 1.54) is 35.7 Å². The van der Waals surface area contributed by atoms with E-state index < -0.39 is 31.9 Å². The molecule has 1 aliphatic heterocycles. The Kier molecular flexibility index (Phi) is 7.35. The summed E-state index contributed by atoms with van der Waals surface area (Å²) in [4.78, 5) is 17.8. The van der Waals surface area contributed by atoms with E-state index in [2.05, 4.69) is 10.9 Å². The second-order valence-electron chi connectivity index (χ2n) is 8.18. The third kappa shape index (κ3) is 5.23. The smallest absolute Gasteiger partial charge is 0.252 e. The van der Waals surface area contributed by atoms with Gasteiger partial charge in [0.05, 0.1) is 39.6 Å². The number of ether oxygens (including phenoxy) is 1. The van der Waals surface area contributed by atoms with Gasteiger partial charge in [0.15, 0.2) is 4.80 Å². The fourth-order valence-corrected chi connectivity index (χ4v) is 7.22. The maximum absolute atomic E-state index is 13.1. The van der Waals surface area contributed by atoms with Gasteiger partial charge in [-0.15, -0.1) is 6.42 Å². The minimum Gasteiger partial charge on any atom is -0.497 e. The summed E-state index contributed by atoms with van der Waals surface area (Å²) in [5.74, 6) is 1.96. The lowest BCUT2D eigenvalue weighted by molar-refractivity contribution is -0.122. The SMILES string of the molecule is C#CCn1c(=NC(=O)C2CCCN(S(=O)(=O)c3ccc(OC)cc3)C2)sc2cc(S(N)(=O)=O)ccc21. The van der Waals surface area contributed by atoms with E-state index >= 15 is 0 Å². The summed E-state index contributed by atoms with van der Waals surface area (Å²) in [7, 11) is -6.21. The highest BCUT2D eigenvalue weighted by Gasteiger charge is 2.33. The number of nitrogens with two attached hydrogens (primary N) is 1. The molecule has 1 unspecified atom stereocenters. The van der Waals surface area contributed by atoms with Crippen LogP contribution in [0.2, 0.25) is 0 Å². The van der Waals surface area contributed by atoms with Crippen LogP contribution in [-0.4, -0.2) is 51.8 Å². The van der Waals surface area contributed by atoms with Gasteiger partial charge in [0.25, 0.3) is 5.91 Å². The normalized spacial score (nSPS) is 17.7. The molecule has 2 N–H and O–H groups in total. The number of benzene rings is 2. The number of methoxy groups -OCH3 is 1. The topological polar surface area (TPSA) is 141 Å². The number of carbonyl (C=O) groups is 1. The molecule has 1 saturated heterocycles. The van der Waals surface area contributed by atoms with Crippen LogP contribution < -0.4 is 14.7 Å². The predicted octanol–water partition coefficient (Wildman–Crippen LogP) is 1.52. The summed E-state index contributed by atoms with van der Waals surface area (Å²) in [5.41, 5.74) is 0.615. The third-order valence-corrected chi connectivity index (χ3v) is 9.70. The molecule has 2 heterocycles. The third-order valence-electron chi connectivity index (χ3n) is 5.87. The number of hydrogen-bond donors (Lipinski definition) is 1. The first kappa shape index (κ1) is 26.1. The lowest BCUT2D eigenvalue weighted by atomic mass is 9.99. The quantitative estimate of drug-likeness (QED) is 0.463. The largest absolute Gasteiger partial charge is 0.497 e. The second kappa shape index (κ2) is 10.2. The standard InChI is InChI=1S/C23H24N4O6S3/c1-3-12-27-20-11-10-19(35(24,29)30)14-21(20)34-23(27)25-22(28)16-5-4-13-26(15-16)36(31,32)18-8-6-17(33-2)7-9-18/h1,6-11,14,16H,4-5,12-13,15H2,2H3,(H2,24,29,30). The molecule has 0 aliphatic carbocycles. The zero-order valence-corrected chi connectivity index (χ0v) is 21.8. The van der Waals surface area contributed by atoms with Crippen molar-refractivity contribution in [3.05, 3.63) is 47.3 Å². The summed E-state index contributed by atoms with van der Waals surface area (Å²) < 4.78 is 58.3. The molecule has 0 bridgehead atoms. The van der Waals surface area contributed by atoms with Gasteiger partial charge in [-0.05, 0) is 55.3 Å². The van der Waals surface area contributed by atoms with Gasteiger partial charge in [-0.2, -0.15) is 9.30 Å². The highest BCUT2D eigenvalue weighted by molar-refractivity contribution is 7.89. The summed E-state index contributed by atoms with van der Waals surface area (Å²) in [6.07, 6.45) is 6.50. The van der Waals surface area contributed by atoms with Gasteiger partial charge in [-0.25, -0.2) is 22.0 Å². The minimum absolute atomic E-state index is 0.00625. The molecule has 1 fully saturated rings. The molecule has 36 heavy (non-hydrogen) atoms. The number of carbonyl (C=O) groups excluding carboxylic acids is 1. The molecule has 1 atom stereocenters. The van der Waals surface area contributed by atoms with Crippen molar-refractivity contribution in [1.29, 1.82) is 0 Å². The Labute approximate surface area is 213 Å². The Hall–Kier alpha value is -3.02. The van der Waals surface area contributed by atoms with Crippen LogP contribution in [0.4, 0.5) is 0 Å². The molecule has 0 radical (unpaired) electrons. The van der Waals surface area contributed by atoms with Crippen LogP contribution in [0.3, 0.4) is 0 Å². The van der Waals surface area contributed by atoms with Gasteiger partial charge in [0.1, 0.15) is 5.75 Å². The van der Waals surface area contributed by atoms with Crippen LogP contribution in [0.5, 0.6) is 5.75 Å². The number of terminal acetylenes is 1. The molecule has 0 saturated carbocycles. The van der Waals surface area contributed by atoms with Gasteiger partial charge < -0.3 is 9.30 Å². The Morgan fingerprint density at radius 2 is 1.89 bits per heavy atom. The maximum atomic E-state index is 13.1. The van der Waals surface area contributed by atoms with Crippen LogP contribution >= 0.6 is 11.3 Å². The Balaban J connectivity index is 1.64. The molecule has 0 spiro atoms. The van der Waals surface area contributed by atoms with Crippen molar-refractivity contribution in [3.8, 4) is 18.1 Å². The predicted molar refractivity (Wildman–Crippen MR) is 135 cm³/mol. The monoisotopic (exact) mass is 548 g/mol. The minimum atomic E-state index is -3.91. The molecule has 2 aromatic carbocycles. The highest BCUT2D eigenvalue weighted by atomic mass is 32.2. The zero-order chi connectivity index (χ0) is 26.1. The van der Waals surface area contributed by atoms with Crippen molar-refractivity contribution in [2.24, 2.45) is 16.0 Å². The number of nitrogens with zero attached hydrogens (tertiary/aromatic N) is 3. The van der Waals surface area contributed by atoms with E-state index in [1.54, 1.807) is 22.8 Å². The first-order valence-corrected chi connectivity index (χ1v) is 14.7. The number of primary sulfonamides is 1. The van der Waals surface area contributed by atoms with Crippen molar-refractivity contribution in [3.63, 3.8) is 0 Å². The van der Waals surface area contributed by atoms with Gasteiger partial charge in [0, 0.05) is 13.1 Å². The van der Waals surface area contributed by atoms with E-state index in [9.17, 15) is 21.6 Å². The number of sulfonamides is 2. The van der Waals surface area contributed by atoms with Crippen molar-refractivity contribution >= 4 is 47.5 Å². The van der Waals surface area contributed by atoms with Crippen molar-refractivity contribution in [2.45, 2.75) is 29.2 Å². The fraction of sp³-hybridized carbons (Fsp3) is 0.304. The van der Waals surface area contributed by atoms with Gasteiger partial charge >= 0.3 is 0 Å². The number of aromatic nitrogens is 1. The number of fused-ring (bicyclic) bond motifs is 1. The molecule has 4 rings (SSSR count). The Bertz CT molecular complexity index is 1630. The van der Waals surface area contributed by atoms with Crippen molar-refractivity contribution in [2.75, 3.05) is 20.2 Å². The van der Waals surface area contributed by atoms with Crippen LogP contribution in [0.1, 0.15) is 12.8 Å². The summed E-state index contributed by atoms with van der Waals surface area (Å²) >= 11 is 1.11. The average molecular weight is 549 g/mol. The highest BCUT2D eigenvalue weighted by Crippen LogP contribution is 2.26. The summed E-state index contributed by atoms with van der Waals surface area (Å²) in [6, 6.07) is 10.4. The van der Waals surface area contributed by atoms with Crippen molar-refractivity contribution < 1.29 is 26.4 Å². The van der Waals surface area contributed by atoms with Gasteiger partial charge in [-0.3, -0.25) is 4.79 Å². The van der Waals surface area contributed by atoms with Crippen LogP contribution in [-0.2, 0) is 31.4 Å². The first-order chi connectivity index (χ1) is 17.0. The molecule has 13 heteroatoms. The molecule has 190 valence electrons.